The van der Waals surface area contributed by atoms with Gasteiger partial charge in [-0.3, -0.25) is 9.59 Å². The van der Waals surface area contributed by atoms with E-state index in [9.17, 15) is 24.3 Å². The number of esters is 1. The molecule has 0 aromatic heterocycles. The quantitative estimate of drug-likeness (QED) is 0.151. The maximum Gasteiger partial charge on any atom is 1.00 e. The average Bonchev–Trinajstić information content (AvgIpc) is 3.01. The molecule has 0 aliphatic heterocycles. The third-order valence-electron chi connectivity index (χ3n) is 5.90. The second kappa shape index (κ2) is 22.3. The number of carbonyl (C=O) groups excluding carboxylic acids is 3. The van der Waals surface area contributed by atoms with Gasteiger partial charge >= 0.3 is 63.3 Å². The van der Waals surface area contributed by atoms with Crippen LogP contribution < -0.4 is 67.1 Å². The Hall–Kier alpha value is -1.90. The number of nitrogens with one attached hydrogen (secondary N) is 2. The first-order valence-corrected chi connectivity index (χ1v) is 16.6. The Balaban J connectivity index is 0.000000443. The number of halogens is 6. The number of rotatable bonds is 8. The Morgan fingerprint density at radius 1 is 0.667 bits per heavy atom. The average molecular weight is 843 g/mol. The van der Waals surface area contributed by atoms with Crippen LogP contribution in [0, 0.1) is 0 Å². The second-order valence-corrected chi connectivity index (χ2v) is 13.7. The number of ether oxygens (including phenoxy) is 1. The van der Waals surface area contributed by atoms with Crippen LogP contribution in [0.15, 0.2) is 72.8 Å². The van der Waals surface area contributed by atoms with Gasteiger partial charge in [0, 0.05) is 34.3 Å². The number of aromatic carboxylic acids is 1. The summed E-state index contributed by atoms with van der Waals surface area (Å²) in [5.74, 6) is -2.70. The van der Waals surface area contributed by atoms with Crippen molar-refractivity contribution in [3.63, 3.8) is 0 Å². The van der Waals surface area contributed by atoms with E-state index in [0.29, 0.717) is 16.6 Å². The number of carbonyl (C=O) groups is 4. The summed E-state index contributed by atoms with van der Waals surface area (Å²) in [5, 5.41) is 25.6. The molecular weight excluding hydrogens is 812 g/mol. The van der Waals surface area contributed by atoms with Crippen LogP contribution in [-0.2, 0) is 17.8 Å². The van der Waals surface area contributed by atoms with Crippen LogP contribution in [-0.4, -0.2) is 41.6 Å². The molecule has 0 saturated carbocycles. The Bertz CT molecular complexity index is 1820. The topological polar surface area (TPSA) is 145 Å². The van der Waals surface area contributed by atoms with Crippen molar-refractivity contribution in [3.05, 3.63) is 136 Å². The summed E-state index contributed by atoms with van der Waals surface area (Å²) in [4.78, 5) is 46.8. The molecule has 2 amide bonds. The molecule has 0 heterocycles. The van der Waals surface area contributed by atoms with Gasteiger partial charge in [0.05, 0.1) is 38.3 Å². The number of hydrogen-bond donors (Lipinski definition) is 3. The molecule has 16 heteroatoms. The molecule has 0 unspecified atom stereocenters. The minimum absolute atomic E-state index is 0. The van der Waals surface area contributed by atoms with Crippen molar-refractivity contribution in [1.82, 2.24) is 10.6 Å². The molecule has 0 spiro atoms. The number of amides is 2. The van der Waals surface area contributed by atoms with Crippen LogP contribution in [0.5, 0.6) is 0 Å². The summed E-state index contributed by atoms with van der Waals surface area (Å²) in [5.41, 5.74) is 1.17. The SMILES string of the molecule is CC(C)(C)[O-].COC(=O)c1c(Cl)cc(C(=O)NCc2cccc(Cl)c2)cc1Cl.O=C(NCc1cccc(Cl)c1)c1cc(Cl)c(C(=O)O)c(Cl)c1.[K+]. The molecule has 4 aromatic rings. The Kier molecular flexibility index (Phi) is 20.6. The largest absolute Gasteiger partial charge is 1.00 e. The minimum atomic E-state index is -1.25. The van der Waals surface area contributed by atoms with Gasteiger partial charge in [0.15, 0.2) is 0 Å². The zero-order valence-electron chi connectivity index (χ0n) is 28.0. The van der Waals surface area contributed by atoms with Gasteiger partial charge in [-0.05, 0) is 59.7 Å². The zero-order chi connectivity index (χ0) is 37.8. The molecular formula is C35H31Cl6KN2O7. The van der Waals surface area contributed by atoms with E-state index < -0.39 is 23.4 Å². The number of benzene rings is 4. The van der Waals surface area contributed by atoms with E-state index in [1.165, 1.54) is 31.4 Å². The van der Waals surface area contributed by atoms with E-state index in [0.717, 1.165) is 11.1 Å². The monoisotopic (exact) mass is 840 g/mol. The standard InChI is InChI=1S/C16H12Cl3NO3.C15H10Cl3NO3.C4H9O.K/c1-23-16(22)14-12(18)6-10(7-13(14)19)15(21)20-8-9-3-2-4-11(17)5-9;16-10-3-1-2-8(4-10)7-19-14(20)9-5-11(17)13(15(21)22)12(18)6-9;1-4(2,3)5;/h2-7H,8H2,1H3,(H,20,21);1-6H,7H2,(H,19,20)(H,21,22);1-3H3;/q;;-1;+1. The van der Waals surface area contributed by atoms with Crippen molar-refractivity contribution in [2.75, 3.05) is 7.11 Å². The molecule has 51 heavy (non-hydrogen) atoms. The molecule has 0 bridgehead atoms. The molecule has 3 N–H and O–H groups in total. The predicted octanol–water partition coefficient (Wildman–Crippen LogP) is 5.79. The summed E-state index contributed by atoms with van der Waals surface area (Å²) in [7, 11) is 1.22. The van der Waals surface area contributed by atoms with Crippen LogP contribution in [0.1, 0.15) is 73.3 Å². The van der Waals surface area contributed by atoms with Gasteiger partial charge in [0.2, 0.25) is 0 Å². The molecule has 266 valence electrons. The van der Waals surface area contributed by atoms with Crippen LogP contribution in [0.2, 0.25) is 30.1 Å². The van der Waals surface area contributed by atoms with Gasteiger partial charge < -0.3 is 25.6 Å². The molecule has 0 fully saturated rings. The van der Waals surface area contributed by atoms with Gasteiger partial charge in [-0.2, -0.15) is 0 Å². The third-order valence-corrected chi connectivity index (χ3v) is 7.56. The summed E-state index contributed by atoms with van der Waals surface area (Å²) >= 11 is 35.5. The van der Waals surface area contributed by atoms with E-state index in [1.807, 2.05) is 12.1 Å². The predicted molar refractivity (Wildman–Crippen MR) is 196 cm³/mol. The zero-order valence-corrected chi connectivity index (χ0v) is 35.7. The maximum atomic E-state index is 12.2. The van der Waals surface area contributed by atoms with Crippen LogP contribution in [0.4, 0.5) is 0 Å². The first-order valence-electron chi connectivity index (χ1n) is 14.4. The van der Waals surface area contributed by atoms with Crippen LogP contribution in [0.3, 0.4) is 0 Å². The van der Waals surface area contributed by atoms with E-state index >= 15 is 0 Å². The first kappa shape index (κ1) is 47.1. The van der Waals surface area contributed by atoms with Crippen molar-refractivity contribution in [3.8, 4) is 0 Å². The second-order valence-electron chi connectivity index (χ2n) is 11.2. The number of carboxylic acid groups (broad SMARTS) is 1. The molecule has 0 aliphatic rings. The van der Waals surface area contributed by atoms with Crippen molar-refractivity contribution in [2.24, 2.45) is 0 Å². The van der Waals surface area contributed by atoms with E-state index in [-0.39, 0.29) is 106 Å². The van der Waals surface area contributed by atoms with Crippen molar-refractivity contribution in [2.45, 2.75) is 39.5 Å². The van der Waals surface area contributed by atoms with Gasteiger partial charge in [-0.25, -0.2) is 9.59 Å². The Morgan fingerprint density at radius 2 is 1.00 bits per heavy atom. The fourth-order valence-electron chi connectivity index (χ4n) is 3.77. The smallest absolute Gasteiger partial charge is 0.850 e. The molecule has 0 radical (unpaired) electrons. The summed E-state index contributed by atoms with van der Waals surface area (Å²) in [6.07, 6.45) is 0. The van der Waals surface area contributed by atoms with Crippen molar-refractivity contribution < 1.29 is 85.5 Å². The fraction of sp³-hybridized carbons (Fsp3) is 0.200. The molecule has 0 saturated heterocycles. The van der Waals surface area contributed by atoms with Crippen LogP contribution in [0.25, 0.3) is 0 Å². The maximum absolute atomic E-state index is 12.2. The molecule has 4 rings (SSSR count). The molecule has 9 nitrogen and oxygen atoms in total. The van der Waals surface area contributed by atoms with Gasteiger partial charge in [0.1, 0.15) is 0 Å². The summed E-state index contributed by atoms with van der Waals surface area (Å²) in [6.45, 7) is 5.47. The fourth-order valence-corrected chi connectivity index (χ4v) is 5.49. The minimum Gasteiger partial charge on any atom is -0.850 e. The summed E-state index contributed by atoms with van der Waals surface area (Å²) in [6, 6.07) is 19.5. The van der Waals surface area contributed by atoms with Crippen LogP contribution >= 0.6 is 69.6 Å². The normalized spacial score (nSPS) is 10.3. The molecule has 0 aliphatic carbocycles. The number of methoxy groups -OCH3 is 1. The molecule has 0 atom stereocenters. The Labute approximate surface area is 368 Å². The van der Waals surface area contributed by atoms with Crippen molar-refractivity contribution in [1.29, 1.82) is 0 Å². The van der Waals surface area contributed by atoms with E-state index in [4.69, 9.17) is 74.7 Å². The van der Waals surface area contributed by atoms with Gasteiger partial charge in [-0.1, -0.05) is 115 Å². The van der Waals surface area contributed by atoms with E-state index in [2.05, 4.69) is 15.4 Å². The number of hydrogen-bond acceptors (Lipinski definition) is 6. The van der Waals surface area contributed by atoms with E-state index in [1.54, 1.807) is 57.2 Å². The van der Waals surface area contributed by atoms with Gasteiger partial charge in [0.25, 0.3) is 11.8 Å². The van der Waals surface area contributed by atoms with Gasteiger partial charge in [-0.15, -0.1) is 5.60 Å². The third kappa shape index (κ3) is 16.8. The Morgan fingerprint density at radius 3 is 1.29 bits per heavy atom. The number of carboxylic acids is 1. The summed E-state index contributed by atoms with van der Waals surface area (Å²) < 4.78 is 4.59. The molecule has 4 aromatic carbocycles. The first-order chi connectivity index (χ1) is 23.3. The van der Waals surface area contributed by atoms with Crippen molar-refractivity contribution >= 4 is 93.4 Å².